The Labute approximate surface area is 115 Å². The van der Waals surface area contributed by atoms with E-state index in [9.17, 15) is 0 Å². The molecule has 1 heterocycles. The Morgan fingerprint density at radius 2 is 2.16 bits per heavy atom. The highest BCUT2D eigenvalue weighted by Gasteiger charge is 2.28. The molecule has 1 aliphatic carbocycles. The van der Waals surface area contributed by atoms with Crippen LogP contribution in [0.2, 0.25) is 0 Å². The maximum atomic E-state index is 5.97. The van der Waals surface area contributed by atoms with E-state index in [-0.39, 0.29) is 0 Å². The molecular weight excluding hydrogens is 232 g/mol. The van der Waals surface area contributed by atoms with E-state index in [1.54, 1.807) is 0 Å². The fourth-order valence-electron chi connectivity index (χ4n) is 3.45. The maximum Gasteiger partial charge on any atom is 0.0704 e. The first-order valence-corrected chi connectivity index (χ1v) is 7.32. The summed E-state index contributed by atoms with van der Waals surface area (Å²) >= 11 is 0. The molecule has 0 bridgehead atoms. The van der Waals surface area contributed by atoms with E-state index >= 15 is 0 Å². The van der Waals surface area contributed by atoms with E-state index in [0.29, 0.717) is 11.8 Å². The number of hydrogen-bond acceptors (Lipinski definition) is 2. The number of nitrogens with zero attached hydrogens (tertiary/aromatic N) is 1. The van der Waals surface area contributed by atoms with Gasteiger partial charge in [-0.3, -0.25) is 4.98 Å². The van der Waals surface area contributed by atoms with Gasteiger partial charge in [-0.1, -0.05) is 31.5 Å². The molecule has 2 heteroatoms. The van der Waals surface area contributed by atoms with Crippen molar-refractivity contribution in [2.24, 2.45) is 17.6 Å². The zero-order chi connectivity index (χ0) is 13.2. The second kappa shape index (κ2) is 5.30. The zero-order valence-electron chi connectivity index (χ0n) is 11.5. The summed E-state index contributed by atoms with van der Waals surface area (Å²) in [5.41, 5.74) is 8.50. The van der Waals surface area contributed by atoms with Crippen molar-refractivity contribution >= 4 is 10.9 Å². The molecular formula is C17H22N2. The highest BCUT2D eigenvalue weighted by Crippen LogP contribution is 2.40. The summed E-state index contributed by atoms with van der Waals surface area (Å²) in [4.78, 5) is 4.48. The Kier molecular flexibility index (Phi) is 3.52. The minimum Gasteiger partial charge on any atom is -0.330 e. The van der Waals surface area contributed by atoms with E-state index < -0.39 is 0 Å². The summed E-state index contributed by atoms with van der Waals surface area (Å²) in [6.45, 7) is 3.16. The van der Waals surface area contributed by atoms with Crippen molar-refractivity contribution in [3.05, 3.63) is 42.1 Å². The Hall–Kier alpha value is -1.41. The molecule has 0 amide bonds. The number of aromatic nitrogens is 1. The van der Waals surface area contributed by atoms with Crippen molar-refractivity contribution in [3.8, 4) is 0 Å². The number of hydrogen-bond donors (Lipinski definition) is 1. The van der Waals surface area contributed by atoms with E-state index in [1.807, 2.05) is 12.3 Å². The van der Waals surface area contributed by atoms with E-state index in [1.165, 1.54) is 30.2 Å². The summed E-state index contributed by atoms with van der Waals surface area (Å²) in [5.74, 6) is 2.06. The van der Waals surface area contributed by atoms with Crippen molar-refractivity contribution in [3.63, 3.8) is 0 Å². The quantitative estimate of drug-likeness (QED) is 0.887. The normalized spacial score (nSPS) is 27.6. The van der Waals surface area contributed by atoms with Crippen LogP contribution in [0, 0.1) is 11.8 Å². The summed E-state index contributed by atoms with van der Waals surface area (Å²) in [7, 11) is 0. The first-order valence-electron chi connectivity index (χ1n) is 7.32. The van der Waals surface area contributed by atoms with Gasteiger partial charge < -0.3 is 5.73 Å². The van der Waals surface area contributed by atoms with Crippen LogP contribution in [-0.2, 0) is 0 Å². The van der Waals surface area contributed by atoms with Crippen molar-refractivity contribution < 1.29 is 0 Å². The monoisotopic (exact) mass is 254 g/mol. The standard InChI is InChI=1S/C17H22N2/c1-12-4-5-15(11-18)16(9-12)14-7-6-13-3-2-8-19-17(13)10-14/h2-3,6-8,10,12,15-16H,4-5,9,11,18H2,1H3. The van der Waals surface area contributed by atoms with Crippen LogP contribution in [0.4, 0.5) is 0 Å². The molecule has 100 valence electrons. The number of nitrogens with two attached hydrogens (primary N) is 1. The molecule has 1 aromatic carbocycles. The van der Waals surface area contributed by atoms with Crippen LogP contribution in [-0.4, -0.2) is 11.5 Å². The predicted octanol–water partition coefficient (Wildman–Crippen LogP) is 3.71. The highest BCUT2D eigenvalue weighted by atomic mass is 14.6. The Balaban J connectivity index is 1.97. The second-order valence-corrected chi connectivity index (χ2v) is 5.98. The van der Waals surface area contributed by atoms with Gasteiger partial charge in [-0.05, 0) is 54.8 Å². The van der Waals surface area contributed by atoms with Gasteiger partial charge in [0.25, 0.3) is 0 Å². The van der Waals surface area contributed by atoms with Crippen LogP contribution in [0.5, 0.6) is 0 Å². The third-order valence-electron chi connectivity index (χ3n) is 4.62. The van der Waals surface area contributed by atoms with Crippen LogP contribution < -0.4 is 5.73 Å². The molecule has 3 atom stereocenters. The molecule has 1 fully saturated rings. The van der Waals surface area contributed by atoms with Crippen LogP contribution in [0.1, 0.15) is 37.7 Å². The van der Waals surface area contributed by atoms with Crippen molar-refractivity contribution in [2.75, 3.05) is 6.54 Å². The lowest BCUT2D eigenvalue weighted by Gasteiger charge is -2.34. The van der Waals surface area contributed by atoms with Gasteiger partial charge in [0.15, 0.2) is 0 Å². The minimum absolute atomic E-state index is 0.611. The molecule has 19 heavy (non-hydrogen) atoms. The van der Waals surface area contributed by atoms with Gasteiger partial charge in [0, 0.05) is 11.6 Å². The Bertz CT molecular complexity index is 564. The van der Waals surface area contributed by atoms with Crippen LogP contribution >= 0.6 is 0 Å². The smallest absolute Gasteiger partial charge is 0.0704 e. The molecule has 3 rings (SSSR count). The summed E-state index contributed by atoms with van der Waals surface area (Å²) < 4.78 is 0. The first-order chi connectivity index (χ1) is 9.28. The molecule has 3 unspecified atom stereocenters. The van der Waals surface area contributed by atoms with Gasteiger partial charge in [-0.15, -0.1) is 0 Å². The van der Waals surface area contributed by atoms with Gasteiger partial charge in [0.05, 0.1) is 5.52 Å². The lowest BCUT2D eigenvalue weighted by atomic mass is 9.71. The van der Waals surface area contributed by atoms with E-state index in [0.717, 1.165) is 18.0 Å². The molecule has 2 aromatic rings. The topological polar surface area (TPSA) is 38.9 Å². The van der Waals surface area contributed by atoms with Crippen LogP contribution in [0.3, 0.4) is 0 Å². The molecule has 1 aromatic heterocycles. The minimum atomic E-state index is 0.611. The lowest BCUT2D eigenvalue weighted by molar-refractivity contribution is 0.254. The number of rotatable bonds is 2. The van der Waals surface area contributed by atoms with Gasteiger partial charge >= 0.3 is 0 Å². The Morgan fingerprint density at radius 1 is 1.26 bits per heavy atom. The Morgan fingerprint density at radius 3 is 3.00 bits per heavy atom. The molecule has 0 spiro atoms. The predicted molar refractivity (Wildman–Crippen MR) is 80.0 cm³/mol. The third-order valence-corrected chi connectivity index (χ3v) is 4.62. The second-order valence-electron chi connectivity index (χ2n) is 5.98. The zero-order valence-corrected chi connectivity index (χ0v) is 11.5. The summed E-state index contributed by atoms with van der Waals surface area (Å²) in [6.07, 6.45) is 5.73. The fourth-order valence-corrected chi connectivity index (χ4v) is 3.45. The van der Waals surface area contributed by atoms with Gasteiger partial charge in [0.1, 0.15) is 0 Å². The van der Waals surface area contributed by atoms with Crippen LogP contribution in [0.15, 0.2) is 36.5 Å². The average molecular weight is 254 g/mol. The molecule has 2 nitrogen and oxygen atoms in total. The van der Waals surface area contributed by atoms with E-state index in [4.69, 9.17) is 5.73 Å². The SMILES string of the molecule is CC1CCC(CN)C(c2ccc3cccnc3c2)C1. The lowest BCUT2D eigenvalue weighted by Crippen LogP contribution is -2.28. The number of benzene rings is 1. The number of fused-ring (bicyclic) bond motifs is 1. The summed E-state index contributed by atoms with van der Waals surface area (Å²) in [5, 5.41) is 1.22. The van der Waals surface area contributed by atoms with Crippen molar-refractivity contribution in [1.82, 2.24) is 4.98 Å². The molecule has 0 saturated heterocycles. The molecule has 0 aliphatic heterocycles. The molecule has 2 N–H and O–H groups in total. The van der Waals surface area contributed by atoms with Gasteiger partial charge in [0.2, 0.25) is 0 Å². The highest BCUT2D eigenvalue weighted by molar-refractivity contribution is 5.79. The molecule has 1 aliphatic rings. The maximum absolute atomic E-state index is 5.97. The van der Waals surface area contributed by atoms with Crippen LogP contribution in [0.25, 0.3) is 10.9 Å². The molecule has 1 saturated carbocycles. The summed E-state index contributed by atoms with van der Waals surface area (Å²) in [6, 6.07) is 10.9. The first kappa shape index (κ1) is 12.6. The van der Waals surface area contributed by atoms with Gasteiger partial charge in [-0.2, -0.15) is 0 Å². The van der Waals surface area contributed by atoms with Gasteiger partial charge in [-0.25, -0.2) is 0 Å². The fraction of sp³-hybridized carbons (Fsp3) is 0.471. The van der Waals surface area contributed by atoms with E-state index in [2.05, 4.69) is 36.2 Å². The largest absolute Gasteiger partial charge is 0.330 e. The molecule has 0 radical (unpaired) electrons. The van der Waals surface area contributed by atoms with Crippen molar-refractivity contribution in [1.29, 1.82) is 0 Å². The average Bonchev–Trinajstić information content (AvgIpc) is 2.46. The number of pyridine rings is 1. The third kappa shape index (κ3) is 2.50. The van der Waals surface area contributed by atoms with Crippen molar-refractivity contribution in [2.45, 2.75) is 32.1 Å².